The van der Waals surface area contributed by atoms with Crippen LogP contribution in [0.3, 0.4) is 0 Å². The zero-order valence-corrected chi connectivity index (χ0v) is 15.0. The molecule has 2 rings (SSSR count). The van der Waals surface area contributed by atoms with Crippen LogP contribution < -0.4 is 5.32 Å². The van der Waals surface area contributed by atoms with Crippen LogP contribution in [-0.2, 0) is 14.6 Å². The maximum atomic E-state index is 13.5. The van der Waals surface area contributed by atoms with Gasteiger partial charge < -0.3 is 5.32 Å². The molecule has 0 saturated carbocycles. The van der Waals surface area contributed by atoms with Crippen LogP contribution >= 0.6 is 0 Å². The number of carbonyl (C=O) groups is 1. The molecule has 0 radical (unpaired) electrons. The Morgan fingerprint density at radius 2 is 2.08 bits per heavy atom. The topological polar surface area (TPSA) is 76.1 Å². The third-order valence-electron chi connectivity index (χ3n) is 3.85. The first-order valence-electron chi connectivity index (χ1n) is 8.03. The van der Waals surface area contributed by atoms with Crippen molar-refractivity contribution in [2.75, 3.05) is 6.54 Å². The van der Waals surface area contributed by atoms with E-state index in [0.29, 0.717) is 18.4 Å². The van der Waals surface area contributed by atoms with E-state index in [1.54, 1.807) is 18.3 Å². The van der Waals surface area contributed by atoms with Crippen molar-refractivity contribution >= 4 is 15.7 Å². The quantitative estimate of drug-likeness (QED) is 0.767. The van der Waals surface area contributed by atoms with E-state index >= 15 is 0 Å². The lowest BCUT2D eigenvalue weighted by molar-refractivity contribution is -0.121. The maximum absolute atomic E-state index is 13.5. The van der Waals surface area contributed by atoms with E-state index in [2.05, 4.69) is 10.3 Å². The van der Waals surface area contributed by atoms with E-state index in [1.807, 2.05) is 6.92 Å². The molecular formula is C18H21FN2O3S. The van der Waals surface area contributed by atoms with Crippen molar-refractivity contribution in [2.45, 2.75) is 36.8 Å². The van der Waals surface area contributed by atoms with Gasteiger partial charge >= 0.3 is 0 Å². The van der Waals surface area contributed by atoms with Crippen molar-refractivity contribution in [3.8, 4) is 0 Å². The lowest BCUT2D eigenvalue weighted by atomic mass is 10.2. The fraction of sp³-hybridized carbons (Fsp3) is 0.333. The van der Waals surface area contributed by atoms with Crippen LogP contribution in [0.25, 0.3) is 0 Å². The smallest absolute Gasteiger partial charge is 0.220 e. The molecule has 0 bridgehead atoms. The highest BCUT2D eigenvalue weighted by Gasteiger charge is 2.30. The van der Waals surface area contributed by atoms with Crippen molar-refractivity contribution in [3.05, 3.63) is 59.7 Å². The molecule has 7 heteroatoms. The fourth-order valence-electron chi connectivity index (χ4n) is 2.45. The second kappa shape index (κ2) is 8.20. The highest BCUT2D eigenvalue weighted by atomic mass is 32.2. The van der Waals surface area contributed by atoms with Gasteiger partial charge in [0.2, 0.25) is 5.91 Å². The molecular weight excluding hydrogens is 343 g/mol. The van der Waals surface area contributed by atoms with Crippen molar-refractivity contribution in [2.24, 2.45) is 0 Å². The second-order valence-corrected chi connectivity index (χ2v) is 7.92. The van der Waals surface area contributed by atoms with E-state index < -0.39 is 20.9 Å². The number of aryl methyl sites for hydroxylation is 1. The van der Waals surface area contributed by atoms with E-state index in [-0.39, 0.29) is 22.9 Å². The first-order valence-corrected chi connectivity index (χ1v) is 9.57. The van der Waals surface area contributed by atoms with Gasteiger partial charge in [0.15, 0.2) is 9.84 Å². The summed E-state index contributed by atoms with van der Waals surface area (Å²) < 4.78 is 39.6. The summed E-state index contributed by atoms with van der Waals surface area (Å²) in [7, 11) is -3.83. The number of sulfone groups is 1. The van der Waals surface area contributed by atoms with Gasteiger partial charge in [0.1, 0.15) is 11.1 Å². The minimum atomic E-state index is -3.83. The lowest BCUT2D eigenvalue weighted by Gasteiger charge is -2.19. The molecule has 1 heterocycles. The molecule has 0 saturated heterocycles. The van der Waals surface area contributed by atoms with Crippen molar-refractivity contribution < 1.29 is 17.6 Å². The summed E-state index contributed by atoms with van der Waals surface area (Å²) in [4.78, 5) is 15.8. The van der Waals surface area contributed by atoms with E-state index in [1.165, 1.54) is 25.3 Å². The highest BCUT2D eigenvalue weighted by molar-refractivity contribution is 7.91. The number of halogens is 1. The molecule has 25 heavy (non-hydrogen) atoms. The van der Waals surface area contributed by atoms with E-state index in [9.17, 15) is 17.6 Å². The van der Waals surface area contributed by atoms with Gasteiger partial charge in [0.05, 0.1) is 4.90 Å². The van der Waals surface area contributed by atoms with Crippen molar-refractivity contribution in [1.29, 1.82) is 0 Å². The Hall–Kier alpha value is -2.28. The predicted octanol–water partition coefficient (Wildman–Crippen LogP) is 2.96. The van der Waals surface area contributed by atoms with Crippen LogP contribution in [-0.4, -0.2) is 25.9 Å². The Morgan fingerprint density at radius 3 is 2.68 bits per heavy atom. The summed E-state index contributed by atoms with van der Waals surface area (Å²) >= 11 is 0. The zero-order chi connectivity index (χ0) is 18.4. The van der Waals surface area contributed by atoms with Crippen LogP contribution in [0.5, 0.6) is 0 Å². The summed E-state index contributed by atoms with van der Waals surface area (Å²) in [5.41, 5.74) is 0.724. The number of aromatic nitrogens is 1. The summed E-state index contributed by atoms with van der Waals surface area (Å²) in [6.45, 7) is 3.32. The molecule has 0 spiro atoms. The first kappa shape index (κ1) is 19.1. The van der Waals surface area contributed by atoms with Gasteiger partial charge in [0, 0.05) is 25.4 Å². The predicted molar refractivity (Wildman–Crippen MR) is 93.2 cm³/mol. The Labute approximate surface area is 147 Å². The van der Waals surface area contributed by atoms with Crippen LogP contribution in [0.1, 0.15) is 36.1 Å². The maximum Gasteiger partial charge on any atom is 0.220 e. The van der Waals surface area contributed by atoms with Crippen LogP contribution in [0, 0.1) is 12.7 Å². The standard InChI is InChI=1S/C18H21FN2O3S/c1-3-5-18(22)21-12-17(14-6-4-9-20-11-14)25(23,24)15-7-8-16(19)13(2)10-15/h4,6-11,17H,3,5,12H2,1-2H3,(H,21,22). The number of nitrogens with zero attached hydrogens (tertiary/aromatic N) is 1. The summed E-state index contributed by atoms with van der Waals surface area (Å²) in [6.07, 6.45) is 4.01. The molecule has 1 amide bonds. The molecule has 5 nitrogen and oxygen atoms in total. The Bertz CT molecular complexity index is 839. The molecule has 0 aliphatic rings. The summed E-state index contributed by atoms with van der Waals surface area (Å²) in [5, 5.41) is 1.67. The Morgan fingerprint density at radius 1 is 1.32 bits per heavy atom. The molecule has 1 unspecified atom stereocenters. The highest BCUT2D eigenvalue weighted by Crippen LogP contribution is 2.29. The number of benzene rings is 1. The third kappa shape index (κ3) is 4.63. The average Bonchev–Trinajstić information content (AvgIpc) is 2.58. The third-order valence-corrected chi connectivity index (χ3v) is 5.95. The Balaban J connectivity index is 2.39. The fourth-order valence-corrected chi connectivity index (χ4v) is 4.18. The van der Waals surface area contributed by atoms with Crippen molar-refractivity contribution in [3.63, 3.8) is 0 Å². The zero-order valence-electron chi connectivity index (χ0n) is 14.2. The molecule has 1 aromatic heterocycles. The molecule has 1 atom stereocenters. The molecule has 1 N–H and O–H groups in total. The van der Waals surface area contributed by atoms with E-state index in [0.717, 1.165) is 6.07 Å². The number of nitrogens with one attached hydrogen (secondary N) is 1. The van der Waals surface area contributed by atoms with Gasteiger partial charge in [-0.1, -0.05) is 13.0 Å². The largest absolute Gasteiger partial charge is 0.354 e. The number of hydrogen-bond acceptors (Lipinski definition) is 4. The van der Waals surface area contributed by atoms with Gasteiger partial charge in [-0.3, -0.25) is 9.78 Å². The SMILES string of the molecule is CCCC(=O)NCC(c1cccnc1)S(=O)(=O)c1ccc(F)c(C)c1. The molecule has 2 aromatic rings. The number of rotatable bonds is 7. The van der Waals surface area contributed by atoms with Crippen LogP contribution in [0.15, 0.2) is 47.6 Å². The molecule has 0 aliphatic heterocycles. The first-order chi connectivity index (χ1) is 11.9. The van der Waals surface area contributed by atoms with Gasteiger partial charge in [-0.15, -0.1) is 0 Å². The van der Waals surface area contributed by atoms with Gasteiger partial charge in [-0.05, 0) is 48.7 Å². The summed E-state index contributed by atoms with van der Waals surface area (Å²) in [5.74, 6) is -0.671. The number of amides is 1. The van der Waals surface area contributed by atoms with Crippen molar-refractivity contribution in [1.82, 2.24) is 10.3 Å². The van der Waals surface area contributed by atoms with Gasteiger partial charge in [-0.25, -0.2) is 12.8 Å². The van der Waals surface area contributed by atoms with Crippen LogP contribution in [0.4, 0.5) is 4.39 Å². The molecule has 0 fully saturated rings. The monoisotopic (exact) mass is 364 g/mol. The lowest BCUT2D eigenvalue weighted by Crippen LogP contribution is -2.31. The number of pyridine rings is 1. The van der Waals surface area contributed by atoms with E-state index in [4.69, 9.17) is 0 Å². The number of hydrogen-bond donors (Lipinski definition) is 1. The molecule has 134 valence electrons. The minimum Gasteiger partial charge on any atom is -0.354 e. The molecule has 0 aliphatic carbocycles. The summed E-state index contributed by atoms with van der Waals surface area (Å²) in [6, 6.07) is 6.98. The van der Waals surface area contributed by atoms with Gasteiger partial charge in [-0.2, -0.15) is 0 Å². The van der Waals surface area contributed by atoms with Gasteiger partial charge in [0.25, 0.3) is 0 Å². The molecule has 1 aromatic carbocycles. The normalized spacial score (nSPS) is 12.6. The second-order valence-electron chi connectivity index (χ2n) is 5.79. The van der Waals surface area contributed by atoms with Crippen LogP contribution in [0.2, 0.25) is 0 Å². The minimum absolute atomic E-state index is 0.0185. The average molecular weight is 364 g/mol. The Kier molecular flexibility index (Phi) is 6.25. The number of carbonyl (C=O) groups excluding carboxylic acids is 1.